The SMILES string of the molecule is CC(=O)N1CCc2cc(Br)cc(N=C(N)N=C(N)N)c21. The number of carbonyl (C=O) groups excluding carboxylic acids is 1. The van der Waals surface area contributed by atoms with Gasteiger partial charge in [0.2, 0.25) is 11.9 Å². The van der Waals surface area contributed by atoms with Gasteiger partial charge in [-0.15, -0.1) is 0 Å². The van der Waals surface area contributed by atoms with Crippen LogP contribution in [0.3, 0.4) is 0 Å². The molecule has 0 unspecified atom stereocenters. The summed E-state index contributed by atoms with van der Waals surface area (Å²) in [5.41, 5.74) is 18.5. The molecule has 0 saturated carbocycles. The Labute approximate surface area is 124 Å². The van der Waals surface area contributed by atoms with Crippen LogP contribution in [0.15, 0.2) is 26.6 Å². The van der Waals surface area contributed by atoms with Crippen molar-refractivity contribution in [3.8, 4) is 0 Å². The van der Waals surface area contributed by atoms with Crippen molar-refractivity contribution in [2.24, 2.45) is 27.2 Å². The van der Waals surface area contributed by atoms with Gasteiger partial charge in [-0.3, -0.25) is 4.79 Å². The second-order valence-corrected chi connectivity index (χ2v) is 5.28. The van der Waals surface area contributed by atoms with E-state index < -0.39 is 0 Å². The second kappa shape index (κ2) is 5.49. The van der Waals surface area contributed by atoms with Gasteiger partial charge in [0.05, 0.1) is 11.4 Å². The van der Waals surface area contributed by atoms with Crippen molar-refractivity contribution in [3.05, 3.63) is 22.2 Å². The van der Waals surface area contributed by atoms with Crippen LogP contribution in [-0.2, 0) is 11.2 Å². The number of carbonyl (C=O) groups is 1. The number of nitrogens with zero attached hydrogens (tertiary/aromatic N) is 3. The fourth-order valence-corrected chi connectivity index (χ4v) is 2.66. The molecule has 0 radical (unpaired) electrons. The van der Waals surface area contributed by atoms with Gasteiger partial charge in [-0.25, -0.2) is 4.99 Å². The fraction of sp³-hybridized carbons (Fsp3) is 0.250. The number of aliphatic imine (C=N–C) groups is 2. The van der Waals surface area contributed by atoms with Crippen LogP contribution in [0.1, 0.15) is 12.5 Å². The largest absolute Gasteiger partial charge is 0.370 e. The molecule has 6 N–H and O–H groups in total. The maximum absolute atomic E-state index is 11.7. The van der Waals surface area contributed by atoms with Crippen molar-refractivity contribution < 1.29 is 4.79 Å². The van der Waals surface area contributed by atoms with Crippen molar-refractivity contribution in [3.63, 3.8) is 0 Å². The highest BCUT2D eigenvalue weighted by Crippen LogP contribution is 2.40. The molecule has 0 fully saturated rings. The molecule has 0 atom stereocenters. The lowest BCUT2D eigenvalue weighted by molar-refractivity contribution is -0.116. The number of hydrogen-bond donors (Lipinski definition) is 3. The highest BCUT2D eigenvalue weighted by atomic mass is 79.9. The van der Waals surface area contributed by atoms with Gasteiger partial charge in [-0.2, -0.15) is 4.99 Å². The number of guanidine groups is 2. The average molecular weight is 339 g/mol. The predicted molar refractivity (Wildman–Crippen MR) is 83.0 cm³/mol. The summed E-state index contributed by atoms with van der Waals surface area (Å²) >= 11 is 3.41. The van der Waals surface area contributed by atoms with Crippen LogP contribution >= 0.6 is 15.9 Å². The summed E-state index contributed by atoms with van der Waals surface area (Å²) < 4.78 is 0.859. The van der Waals surface area contributed by atoms with Crippen LogP contribution in [0, 0.1) is 0 Å². The normalized spacial score (nSPS) is 14.1. The third kappa shape index (κ3) is 2.90. The lowest BCUT2D eigenvalue weighted by Crippen LogP contribution is -2.27. The van der Waals surface area contributed by atoms with E-state index in [0.717, 1.165) is 22.1 Å². The smallest absolute Gasteiger partial charge is 0.223 e. The molecule has 20 heavy (non-hydrogen) atoms. The number of nitrogens with two attached hydrogens (primary N) is 3. The topological polar surface area (TPSA) is 123 Å². The molecule has 1 aliphatic heterocycles. The monoisotopic (exact) mass is 338 g/mol. The van der Waals surface area contributed by atoms with E-state index in [2.05, 4.69) is 25.9 Å². The van der Waals surface area contributed by atoms with Crippen LogP contribution in [-0.4, -0.2) is 24.4 Å². The molecule has 1 aromatic carbocycles. The minimum atomic E-state index is -0.165. The Balaban J connectivity index is 2.54. The Hall–Kier alpha value is -2.09. The number of amides is 1. The van der Waals surface area contributed by atoms with E-state index in [1.165, 1.54) is 6.92 Å². The zero-order valence-electron chi connectivity index (χ0n) is 10.9. The molecule has 7 nitrogen and oxygen atoms in total. The van der Waals surface area contributed by atoms with Gasteiger partial charge in [0.25, 0.3) is 0 Å². The summed E-state index contributed by atoms with van der Waals surface area (Å²) in [4.78, 5) is 21.2. The molecular formula is C12H15BrN6O. The molecule has 1 aliphatic rings. The van der Waals surface area contributed by atoms with Gasteiger partial charge in [0, 0.05) is 17.9 Å². The highest BCUT2D eigenvalue weighted by molar-refractivity contribution is 9.10. The number of fused-ring (bicyclic) bond motifs is 1. The Bertz CT molecular complexity index is 621. The zero-order valence-corrected chi connectivity index (χ0v) is 12.5. The van der Waals surface area contributed by atoms with Crippen LogP contribution < -0.4 is 22.1 Å². The lowest BCUT2D eigenvalue weighted by Gasteiger charge is -2.17. The molecule has 2 rings (SSSR count). The first-order chi connectivity index (χ1) is 9.38. The van der Waals surface area contributed by atoms with E-state index in [1.54, 1.807) is 11.0 Å². The fourth-order valence-electron chi connectivity index (χ4n) is 2.17. The van der Waals surface area contributed by atoms with Crippen LogP contribution in [0.25, 0.3) is 0 Å². The van der Waals surface area contributed by atoms with E-state index in [4.69, 9.17) is 17.2 Å². The number of benzene rings is 1. The summed E-state index contributed by atoms with van der Waals surface area (Å²) in [5.74, 6) is -0.259. The first kappa shape index (κ1) is 14.3. The minimum Gasteiger partial charge on any atom is -0.370 e. The van der Waals surface area contributed by atoms with E-state index in [-0.39, 0.29) is 17.8 Å². The molecular weight excluding hydrogens is 324 g/mol. The van der Waals surface area contributed by atoms with Gasteiger partial charge in [-0.1, -0.05) is 15.9 Å². The van der Waals surface area contributed by atoms with Crippen LogP contribution in [0.5, 0.6) is 0 Å². The van der Waals surface area contributed by atoms with Crippen molar-refractivity contribution >= 4 is 45.1 Å². The maximum Gasteiger partial charge on any atom is 0.223 e. The van der Waals surface area contributed by atoms with Crippen LogP contribution in [0.2, 0.25) is 0 Å². The number of halogens is 1. The summed E-state index contributed by atoms with van der Waals surface area (Å²) in [6.45, 7) is 2.15. The van der Waals surface area contributed by atoms with Gasteiger partial charge in [-0.05, 0) is 24.1 Å². The van der Waals surface area contributed by atoms with Crippen LogP contribution in [0.4, 0.5) is 11.4 Å². The van der Waals surface area contributed by atoms with E-state index in [9.17, 15) is 4.79 Å². The molecule has 1 heterocycles. The molecule has 8 heteroatoms. The highest BCUT2D eigenvalue weighted by Gasteiger charge is 2.26. The first-order valence-corrected chi connectivity index (χ1v) is 6.72. The summed E-state index contributed by atoms with van der Waals surface area (Å²) in [6, 6.07) is 3.74. The molecule has 0 aromatic heterocycles. The van der Waals surface area contributed by atoms with Gasteiger partial charge in [0.1, 0.15) is 0 Å². The Morgan fingerprint density at radius 3 is 2.65 bits per heavy atom. The third-order valence-corrected chi connectivity index (χ3v) is 3.32. The maximum atomic E-state index is 11.7. The van der Waals surface area contributed by atoms with E-state index in [0.29, 0.717) is 12.2 Å². The average Bonchev–Trinajstić information content (AvgIpc) is 2.71. The predicted octanol–water partition coefficient (Wildman–Crippen LogP) is 0.578. The molecule has 0 spiro atoms. The Morgan fingerprint density at radius 1 is 1.35 bits per heavy atom. The summed E-state index contributed by atoms with van der Waals surface area (Å²) in [7, 11) is 0. The van der Waals surface area contributed by atoms with Crippen molar-refractivity contribution in [1.82, 2.24) is 0 Å². The van der Waals surface area contributed by atoms with Crippen molar-refractivity contribution in [2.75, 3.05) is 11.4 Å². The lowest BCUT2D eigenvalue weighted by atomic mass is 10.1. The van der Waals surface area contributed by atoms with Gasteiger partial charge < -0.3 is 22.1 Å². The Morgan fingerprint density at radius 2 is 2.05 bits per heavy atom. The molecule has 1 aromatic rings. The molecule has 1 amide bonds. The van der Waals surface area contributed by atoms with Gasteiger partial charge >= 0.3 is 0 Å². The molecule has 0 saturated heterocycles. The Kier molecular flexibility index (Phi) is 3.93. The quantitative estimate of drug-likeness (QED) is 0.511. The third-order valence-electron chi connectivity index (χ3n) is 2.87. The first-order valence-electron chi connectivity index (χ1n) is 5.93. The number of hydrogen-bond acceptors (Lipinski definition) is 2. The van der Waals surface area contributed by atoms with E-state index in [1.807, 2.05) is 6.07 Å². The molecule has 0 aliphatic carbocycles. The van der Waals surface area contributed by atoms with E-state index >= 15 is 0 Å². The summed E-state index contributed by atoms with van der Waals surface area (Å²) in [6.07, 6.45) is 0.777. The molecule has 106 valence electrons. The summed E-state index contributed by atoms with van der Waals surface area (Å²) in [5, 5.41) is 0. The standard InChI is InChI=1S/C12H15BrN6O/c1-6(20)19-3-2-7-4-8(13)5-9(10(7)19)17-12(16)18-11(14)15/h4-5H,2-3H2,1H3,(H6,14,15,16,17,18). The zero-order chi connectivity index (χ0) is 14.9. The number of rotatable bonds is 1. The minimum absolute atomic E-state index is 0.0390. The van der Waals surface area contributed by atoms with Crippen molar-refractivity contribution in [1.29, 1.82) is 0 Å². The number of anilines is 1. The van der Waals surface area contributed by atoms with Gasteiger partial charge in [0.15, 0.2) is 5.96 Å². The molecule has 0 bridgehead atoms. The van der Waals surface area contributed by atoms with Crippen molar-refractivity contribution in [2.45, 2.75) is 13.3 Å². The second-order valence-electron chi connectivity index (χ2n) is 4.36.